The van der Waals surface area contributed by atoms with Crippen molar-refractivity contribution in [1.82, 2.24) is 5.32 Å². The van der Waals surface area contributed by atoms with Crippen LogP contribution in [0.1, 0.15) is 32.4 Å². The van der Waals surface area contributed by atoms with Crippen LogP contribution in [0.5, 0.6) is 5.75 Å². The van der Waals surface area contributed by atoms with Gasteiger partial charge in [0, 0.05) is 6.07 Å². The van der Waals surface area contributed by atoms with E-state index in [-0.39, 0.29) is 23.4 Å². The number of rotatable bonds is 4. The zero-order chi connectivity index (χ0) is 15.8. The molecule has 114 valence electrons. The molecule has 1 N–H and O–H groups in total. The molecular weight excluding hydrogens is 276 g/mol. The Balaban J connectivity index is 2.13. The first kappa shape index (κ1) is 15.2. The lowest BCUT2D eigenvalue weighted by atomic mass is 10.1. The molecular formula is C14H18N2O5. The van der Waals surface area contributed by atoms with Gasteiger partial charge in [-0.1, -0.05) is 6.07 Å². The maximum atomic E-state index is 11.9. The van der Waals surface area contributed by atoms with E-state index in [0.717, 1.165) is 0 Å². The number of hydrogen-bond acceptors (Lipinski definition) is 6. The Morgan fingerprint density at radius 3 is 2.57 bits per heavy atom. The van der Waals surface area contributed by atoms with Crippen molar-refractivity contribution >= 4 is 11.7 Å². The molecule has 0 aromatic heterocycles. The fourth-order valence-corrected chi connectivity index (χ4v) is 2.04. The Morgan fingerprint density at radius 1 is 1.38 bits per heavy atom. The highest BCUT2D eigenvalue weighted by molar-refractivity contribution is 5.81. The third kappa shape index (κ3) is 3.49. The molecule has 0 saturated carbocycles. The zero-order valence-electron chi connectivity index (χ0n) is 12.4. The van der Waals surface area contributed by atoms with E-state index in [1.807, 2.05) is 0 Å². The highest BCUT2D eigenvalue weighted by Crippen LogP contribution is 2.36. The monoisotopic (exact) mass is 294 g/mol. The molecule has 1 aromatic carbocycles. The SMILES string of the molecule is COc1ccc([C@H]2N[C@H]2C(=O)OC(C)(C)C)cc1[N+](=O)[O-]. The van der Waals surface area contributed by atoms with Gasteiger partial charge in [-0.3, -0.25) is 20.2 Å². The molecule has 0 aliphatic carbocycles. The Labute approximate surface area is 122 Å². The topological polar surface area (TPSA) is 101 Å². The van der Waals surface area contributed by atoms with Gasteiger partial charge in [-0.15, -0.1) is 0 Å². The normalized spacial score (nSPS) is 20.8. The van der Waals surface area contributed by atoms with Crippen molar-refractivity contribution in [2.45, 2.75) is 38.5 Å². The maximum Gasteiger partial charge on any atom is 0.325 e. The fraction of sp³-hybridized carbons (Fsp3) is 0.500. The van der Waals surface area contributed by atoms with Crippen LogP contribution in [-0.4, -0.2) is 29.6 Å². The second-order valence-electron chi connectivity index (χ2n) is 5.84. The van der Waals surface area contributed by atoms with Gasteiger partial charge in [0.2, 0.25) is 0 Å². The molecule has 2 atom stereocenters. The molecule has 0 radical (unpaired) electrons. The number of hydrogen-bond donors (Lipinski definition) is 1. The summed E-state index contributed by atoms with van der Waals surface area (Å²) in [6.07, 6.45) is 0. The van der Waals surface area contributed by atoms with E-state index in [0.29, 0.717) is 5.56 Å². The summed E-state index contributed by atoms with van der Waals surface area (Å²) in [5, 5.41) is 14.0. The molecule has 0 unspecified atom stereocenters. The molecule has 1 saturated heterocycles. The van der Waals surface area contributed by atoms with Crippen LogP contribution >= 0.6 is 0 Å². The maximum absolute atomic E-state index is 11.9. The Kier molecular flexibility index (Phi) is 3.87. The van der Waals surface area contributed by atoms with E-state index in [9.17, 15) is 14.9 Å². The van der Waals surface area contributed by atoms with E-state index in [2.05, 4.69) is 5.32 Å². The van der Waals surface area contributed by atoms with Crippen molar-refractivity contribution in [3.63, 3.8) is 0 Å². The molecule has 1 aliphatic heterocycles. The average Bonchev–Trinajstić information content (AvgIpc) is 3.16. The molecule has 0 amide bonds. The Bertz CT molecular complexity index is 579. The number of benzene rings is 1. The Morgan fingerprint density at radius 2 is 2.05 bits per heavy atom. The van der Waals surface area contributed by atoms with Crippen molar-refractivity contribution in [2.24, 2.45) is 0 Å². The highest BCUT2D eigenvalue weighted by atomic mass is 16.6. The van der Waals surface area contributed by atoms with Crippen LogP contribution in [0.2, 0.25) is 0 Å². The van der Waals surface area contributed by atoms with Crippen LogP contribution in [0.4, 0.5) is 5.69 Å². The first-order valence-electron chi connectivity index (χ1n) is 6.54. The lowest BCUT2D eigenvalue weighted by Crippen LogP contribution is -2.27. The van der Waals surface area contributed by atoms with Gasteiger partial charge in [-0.25, -0.2) is 0 Å². The van der Waals surface area contributed by atoms with Gasteiger partial charge in [0.1, 0.15) is 11.6 Å². The number of carbonyl (C=O) groups is 1. The van der Waals surface area contributed by atoms with E-state index in [1.165, 1.54) is 19.2 Å². The van der Waals surface area contributed by atoms with Crippen LogP contribution in [0.3, 0.4) is 0 Å². The number of ether oxygens (including phenoxy) is 2. The van der Waals surface area contributed by atoms with E-state index in [1.54, 1.807) is 26.8 Å². The minimum absolute atomic E-state index is 0.119. The molecule has 2 rings (SSSR count). The number of nitrogens with zero attached hydrogens (tertiary/aromatic N) is 1. The second-order valence-corrected chi connectivity index (χ2v) is 5.84. The van der Waals surface area contributed by atoms with Gasteiger partial charge in [0.05, 0.1) is 18.1 Å². The number of carbonyl (C=O) groups excluding carboxylic acids is 1. The number of nitro benzene ring substituents is 1. The van der Waals surface area contributed by atoms with Crippen molar-refractivity contribution in [3.8, 4) is 5.75 Å². The summed E-state index contributed by atoms with van der Waals surface area (Å²) in [6.45, 7) is 5.38. The average molecular weight is 294 g/mol. The van der Waals surface area contributed by atoms with Gasteiger partial charge in [0.15, 0.2) is 5.75 Å². The van der Waals surface area contributed by atoms with Crippen LogP contribution in [0.25, 0.3) is 0 Å². The quantitative estimate of drug-likeness (QED) is 0.394. The largest absolute Gasteiger partial charge is 0.490 e. The van der Waals surface area contributed by atoms with Crippen LogP contribution in [0.15, 0.2) is 18.2 Å². The molecule has 1 fully saturated rings. The molecule has 21 heavy (non-hydrogen) atoms. The third-order valence-corrected chi connectivity index (χ3v) is 3.00. The summed E-state index contributed by atoms with van der Waals surface area (Å²) in [5.41, 5.74) is -0.0114. The smallest absolute Gasteiger partial charge is 0.325 e. The molecule has 0 bridgehead atoms. The minimum Gasteiger partial charge on any atom is -0.490 e. The molecule has 0 spiro atoms. The zero-order valence-corrected chi connectivity index (χ0v) is 12.4. The van der Waals surface area contributed by atoms with Crippen LogP contribution in [-0.2, 0) is 9.53 Å². The van der Waals surface area contributed by atoms with Crippen LogP contribution in [0, 0.1) is 10.1 Å². The Hall–Kier alpha value is -2.15. The summed E-state index contributed by atoms with van der Waals surface area (Å²) in [6, 6.07) is 3.93. The summed E-state index contributed by atoms with van der Waals surface area (Å²) >= 11 is 0. The lowest BCUT2D eigenvalue weighted by Gasteiger charge is -2.19. The first-order valence-corrected chi connectivity index (χ1v) is 6.54. The highest BCUT2D eigenvalue weighted by Gasteiger charge is 2.46. The number of nitro groups is 1. The summed E-state index contributed by atoms with van der Waals surface area (Å²) in [4.78, 5) is 22.4. The van der Waals surface area contributed by atoms with Gasteiger partial charge in [-0.05, 0) is 32.4 Å². The second kappa shape index (κ2) is 5.33. The van der Waals surface area contributed by atoms with Crippen molar-refractivity contribution in [2.75, 3.05) is 7.11 Å². The van der Waals surface area contributed by atoms with Gasteiger partial charge < -0.3 is 9.47 Å². The molecule has 1 aromatic rings. The third-order valence-electron chi connectivity index (χ3n) is 3.00. The van der Waals surface area contributed by atoms with Crippen molar-refractivity contribution in [1.29, 1.82) is 0 Å². The molecule has 7 heteroatoms. The summed E-state index contributed by atoms with van der Waals surface area (Å²) < 4.78 is 10.2. The number of nitrogens with one attached hydrogen (secondary N) is 1. The predicted molar refractivity (Wildman–Crippen MR) is 75.2 cm³/mol. The number of methoxy groups -OCH3 is 1. The van der Waals surface area contributed by atoms with Gasteiger partial charge in [-0.2, -0.15) is 0 Å². The number of esters is 1. The molecule has 1 aliphatic rings. The lowest BCUT2D eigenvalue weighted by molar-refractivity contribution is -0.385. The molecule has 7 nitrogen and oxygen atoms in total. The van der Waals surface area contributed by atoms with Gasteiger partial charge >= 0.3 is 11.7 Å². The van der Waals surface area contributed by atoms with Crippen LogP contribution < -0.4 is 10.1 Å². The van der Waals surface area contributed by atoms with E-state index in [4.69, 9.17) is 9.47 Å². The van der Waals surface area contributed by atoms with Gasteiger partial charge in [0.25, 0.3) is 0 Å². The molecule has 1 heterocycles. The van der Waals surface area contributed by atoms with E-state index >= 15 is 0 Å². The fourth-order valence-electron chi connectivity index (χ4n) is 2.04. The predicted octanol–water partition coefficient (Wildman–Crippen LogP) is 1.96. The van der Waals surface area contributed by atoms with Crippen molar-refractivity contribution in [3.05, 3.63) is 33.9 Å². The first-order chi connectivity index (χ1) is 9.73. The standard InChI is InChI=1S/C14H18N2O5/c1-14(2,3)21-13(17)12-11(15-12)8-5-6-10(20-4)9(7-8)16(18)19/h5-7,11-12,15H,1-4H3/t11-,12-/m1/s1. The summed E-state index contributed by atoms with van der Waals surface area (Å²) in [5.74, 6) is -0.163. The van der Waals surface area contributed by atoms with E-state index < -0.39 is 16.6 Å². The summed E-state index contributed by atoms with van der Waals surface area (Å²) in [7, 11) is 1.38. The minimum atomic E-state index is -0.558. The van der Waals surface area contributed by atoms with Crippen molar-refractivity contribution < 1.29 is 19.2 Å².